The number of nitrogens with two attached hydrogens (primary N) is 1. The highest BCUT2D eigenvalue weighted by Crippen LogP contribution is 2.26. The lowest BCUT2D eigenvalue weighted by atomic mass is 10.1. The number of hydrogen-bond acceptors (Lipinski definition) is 4. The average Bonchev–Trinajstić information content (AvgIpc) is 2.38. The minimum absolute atomic E-state index is 0.0860. The molecule has 3 N–H and O–H groups in total. The Morgan fingerprint density at radius 1 is 1.39 bits per heavy atom. The first-order valence-electron chi connectivity index (χ1n) is 6.03. The third kappa shape index (κ3) is 4.33. The number of methoxy groups -OCH3 is 1. The third-order valence-electron chi connectivity index (χ3n) is 2.90. The average molecular weight is 317 g/mol. The van der Waals surface area contributed by atoms with Crippen LogP contribution >= 0.6 is 15.9 Å². The van der Waals surface area contributed by atoms with Crippen LogP contribution in [0.1, 0.15) is 11.6 Å². The maximum atomic E-state index is 9.16. The van der Waals surface area contributed by atoms with Gasteiger partial charge in [-0.3, -0.25) is 4.90 Å². The van der Waals surface area contributed by atoms with Crippen molar-refractivity contribution in [1.82, 2.24) is 4.90 Å². The summed E-state index contributed by atoms with van der Waals surface area (Å²) < 4.78 is 6.15. The molecule has 5 heteroatoms. The van der Waals surface area contributed by atoms with Gasteiger partial charge in [0, 0.05) is 37.3 Å². The van der Waals surface area contributed by atoms with Crippen LogP contribution in [0.15, 0.2) is 28.7 Å². The summed E-state index contributed by atoms with van der Waals surface area (Å²) in [6.45, 7) is 2.59. The van der Waals surface area contributed by atoms with Gasteiger partial charge in [-0.1, -0.05) is 34.1 Å². The summed E-state index contributed by atoms with van der Waals surface area (Å²) in [5.74, 6) is 0. The van der Waals surface area contributed by atoms with Crippen LogP contribution in [0.2, 0.25) is 0 Å². The normalized spacial score (nSPS) is 12.9. The smallest absolute Gasteiger partial charge is 0.0589 e. The summed E-state index contributed by atoms with van der Waals surface area (Å²) in [6, 6.07) is 8.12. The first-order chi connectivity index (χ1) is 8.74. The van der Waals surface area contributed by atoms with Crippen molar-refractivity contribution in [3.05, 3.63) is 34.3 Å². The predicted molar refractivity (Wildman–Crippen MR) is 76.5 cm³/mol. The maximum Gasteiger partial charge on any atom is 0.0589 e. The minimum Gasteiger partial charge on any atom is -0.395 e. The molecule has 0 spiro atoms. The van der Waals surface area contributed by atoms with E-state index in [2.05, 4.69) is 26.9 Å². The molecule has 0 aliphatic rings. The second-order valence-corrected chi connectivity index (χ2v) is 4.88. The molecule has 1 unspecified atom stereocenters. The molecular weight excluding hydrogens is 296 g/mol. The molecule has 4 nitrogen and oxygen atoms in total. The monoisotopic (exact) mass is 316 g/mol. The van der Waals surface area contributed by atoms with Gasteiger partial charge in [0.1, 0.15) is 0 Å². The highest BCUT2D eigenvalue weighted by molar-refractivity contribution is 9.10. The Hall–Kier alpha value is -0.460. The van der Waals surface area contributed by atoms with Crippen molar-refractivity contribution >= 4 is 15.9 Å². The first kappa shape index (κ1) is 15.6. The largest absolute Gasteiger partial charge is 0.395 e. The highest BCUT2D eigenvalue weighted by Gasteiger charge is 2.20. The van der Waals surface area contributed by atoms with Gasteiger partial charge in [0.15, 0.2) is 0 Å². The zero-order valence-electron chi connectivity index (χ0n) is 10.7. The van der Waals surface area contributed by atoms with Crippen LogP contribution in [0.4, 0.5) is 0 Å². The van der Waals surface area contributed by atoms with E-state index in [0.717, 1.165) is 16.6 Å². The van der Waals surface area contributed by atoms with Crippen molar-refractivity contribution in [1.29, 1.82) is 0 Å². The van der Waals surface area contributed by atoms with Crippen molar-refractivity contribution < 1.29 is 9.84 Å². The van der Waals surface area contributed by atoms with E-state index in [1.54, 1.807) is 7.11 Å². The van der Waals surface area contributed by atoms with Gasteiger partial charge in [-0.25, -0.2) is 0 Å². The molecule has 0 amide bonds. The second-order valence-electron chi connectivity index (χ2n) is 4.03. The number of rotatable bonds is 8. The van der Waals surface area contributed by atoms with Gasteiger partial charge in [0.05, 0.1) is 13.2 Å². The van der Waals surface area contributed by atoms with Gasteiger partial charge in [-0.15, -0.1) is 0 Å². The second kappa shape index (κ2) is 8.61. The van der Waals surface area contributed by atoms with E-state index >= 15 is 0 Å². The number of aliphatic hydroxyl groups excluding tert-OH is 1. The lowest BCUT2D eigenvalue weighted by Crippen LogP contribution is -2.38. The van der Waals surface area contributed by atoms with Crippen LogP contribution in [-0.2, 0) is 4.74 Å². The van der Waals surface area contributed by atoms with E-state index in [1.807, 2.05) is 18.2 Å². The van der Waals surface area contributed by atoms with E-state index in [0.29, 0.717) is 19.7 Å². The van der Waals surface area contributed by atoms with Gasteiger partial charge in [-0.2, -0.15) is 0 Å². The van der Waals surface area contributed by atoms with Crippen LogP contribution < -0.4 is 5.73 Å². The highest BCUT2D eigenvalue weighted by atomic mass is 79.9. The van der Waals surface area contributed by atoms with E-state index in [-0.39, 0.29) is 12.6 Å². The Balaban J connectivity index is 2.87. The van der Waals surface area contributed by atoms with E-state index < -0.39 is 0 Å². The van der Waals surface area contributed by atoms with Gasteiger partial charge >= 0.3 is 0 Å². The van der Waals surface area contributed by atoms with E-state index in [9.17, 15) is 0 Å². The number of ether oxygens (including phenoxy) is 1. The van der Waals surface area contributed by atoms with E-state index in [1.165, 1.54) is 0 Å². The molecule has 0 fully saturated rings. The van der Waals surface area contributed by atoms with Gasteiger partial charge in [0.2, 0.25) is 0 Å². The minimum atomic E-state index is 0.0860. The van der Waals surface area contributed by atoms with Crippen molar-refractivity contribution in [2.75, 3.05) is 40.0 Å². The zero-order chi connectivity index (χ0) is 13.4. The summed E-state index contributed by atoms with van der Waals surface area (Å²) >= 11 is 3.55. The fourth-order valence-electron chi connectivity index (χ4n) is 1.98. The van der Waals surface area contributed by atoms with Crippen molar-refractivity contribution in [2.45, 2.75) is 6.04 Å². The number of benzene rings is 1. The zero-order valence-corrected chi connectivity index (χ0v) is 12.3. The SMILES string of the molecule is COCCN(CCO)C(CN)c1ccccc1Br. The number of halogens is 1. The number of hydrogen-bond donors (Lipinski definition) is 2. The fourth-order valence-corrected chi connectivity index (χ4v) is 2.53. The Labute approximate surface area is 117 Å². The van der Waals surface area contributed by atoms with Crippen LogP contribution in [0.25, 0.3) is 0 Å². The lowest BCUT2D eigenvalue weighted by Gasteiger charge is -2.31. The van der Waals surface area contributed by atoms with Crippen LogP contribution in [-0.4, -0.2) is 50.0 Å². The molecule has 1 atom stereocenters. The van der Waals surface area contributed by atoms with Crippen LogP contribution in [0.5, 0.6) is 0 Å². The standard InChI is InChI=1S/C13H21BrN2O2/c1-18-9-7-16(6-8-17)13(10-15)11-4-2-3-5-12(11)14/h2-5,13,17H,6-10,15H2,1H3. The molecule has 1 aromatic rings. The Morgan fingerprint density at radius 2 is 2.11 bits per heavy atom. The van der Waals surface area contributed by atoms with Crippen molar-refractivity contribution in [3.63, 3.8) is 0 Å². The molecule has 0 saturated heterocycles. The van der Waals surface area contributed by atoms with Gasteiger partial charge in [0.25, 0.3) is 0 Å². The van der Waals surface area contributed by atoms with Crippen LogP contribution in [0, 0.1) is 0 Å². The molecule has 18 heavy (non-hydrogen) atoms. The van der Waals surface area contributed by atoms with Crippen molar-refractivity contribution in [2.24, 2.45) is 5.73 Å². The molecule has 0 saturated carbocycles. The molecule has 0 heterocycles. The lowest BCUT2D eigenvalue weighted by molar-refractivity contribution is 0.103. The number of nitrogens with zero attached hydrogens (tertiary/aromatic N) is 1. The molecule has 0 aliphatic heterocycles. The topological polar surface area (TPSA) is 58.7 Å². The molecule has 1 aromatic carbocycles. The Morgan fingerprint density at radius 3 is 2.67 bits per heavy atom. The molecule has 0 radical (unpaired) electrons. The quantitative estimate of drug-likeness (QED) is 0.761. The Kier molecular flexibility index (Phi) is 7.46. The third-order valence-corrected chi connectivity index (χ3v) is 3.62. The predicted octanol–water partition coefficient (Wildman–Crippen LogP) is 1.39. The summed E-state index contributed by atoms with van der Waals surface area (Å²) in [4.78, 5) is 2.14. The summed E-state index contributed by atoms with van der Waals surface area (Å²) in [7, 11) is 1.67. The summed E-state index contributed by atoms with van der Waals surface area (Å²) in [5, 5.41) is 9.16. The molecular formula is C13H21BrN2O2. The van der Waals surface area contributed by atoms with Gasteiger partial charge in [-0.05, 0) is 11.6 Å². The van der Waals surface area contributed by atoms with E-state index in [4.69, 9.17) is 15.6 Å². The summed E-state index contributed by atoms with van der Waals surface area (Å²) in [6.07, 6.45) is 0. The molecule has 0 aromatic heterocycles. The van der Waals surface area contributed by atoms with Gasteiger partial charge < -0.3 is 15.6 Å². The maximum absolute atomic E-state index is 9.16. The number of aliphatic hydroxyl groups is 1. The fraction of sp³-hybridized carbons (Fsp3) is 0.538. The molecule has 0 bridgehead atoms. The molecule has 1 rings (SSSR count). The molecule has 0 aliphatic carbocycles. The van der Waals surface area contributed by atoms with Crippen molar-refractivity contribution in [3.8, 4) is 0 Å². The Bertz CT molecular complexity index is 350. The molecule has 102 valence electrons. The first-order valence-corrected chi connectivity index (χ1v) is 6.82. The summed E-state index contributed by atoms with van der Waals surface area (Å²) in [5.41, 5.74) is 7.03. The van der Waals surface area contributed by atoms with Crippen LogP contribution in [0.3, 0.4) is 0 Å².